The quantitative estimate of drug-likeness (QED) is 0.853. The van der Waals surface area contributed by atoms with Crippen molar-refractivity contribution in [3.05, 3.63) is 11.8 Å². The average Bonchev–Trinajstić information content (AvgIpc) is 2.38. The molecule has 100 valence electrons. The van der Waals surface area contributed by atoms with E-state index >= 15 is 0 Å². The maximum atomic E-state index is 9.22. The predicted molar refractivity (Wildman–Crippen MR) is 69.8 cm³/mol. The summed E-state index contributed by atoms with van der Waals surface area (Å²) in [5.74, 6) is 1.61. The summed E-state index contributed by atoms with van der Waals surface area (Å²) < 4.78 is 5.14. The van der Waals surface area contributed by atoms with Gasteiger partial charge in [-0.2, -0.15) is 4.98 Å². The highest BCUT2D eigenvalue weighted by Crippen LogP contribution is 2.26. The molecule has 0 bridgehead atoms. The third-order valence-electron chi connectivity index (χ3n) is 3.41. The van der Waals surface area contributed by atoms with Crippen LogP contribution in [0.3, 0.4) is 0 Å². The molecule has 1 fully saturated rings. The van der Waals surface area contributed by atoms with Crippen LogP contribution in [0.15, 0.2) is 6.07 Å². The van der Waals surface area contributed by atoms with Crippen molar-refractivity contribution in [2.24, 2.45) is 5.92 Å². The van der Waals surface area contributed by atoms with Crippen molar-refractivity contribution in [2.45, 2.75) is 38.6 Å². The first kappa shape index (κ1) is 13.1. The van der Waals surface area contributed by atoms with E-state index in [9.17, 15) is 5.11 Å². The second kappa shape index (κ2) is 6.00. The number of aromatic nitrogens is 2. The molecular weight excluding hydrogens is 230 g/mol. The van der Waals surface area contributed by atoms with Gasteiger partial charge >= 0.3 is 0 Å². The number of nitrogens with one attached hydrogen (secondary N) is 1. The molecule has 1 heterocycles. The third kappa shape index (κ3) is 3.32. The van der Waals surface area contributed by atoms with Gasteiger partial charge in [-0.15, -0.1) is 0 Å². The van der Waals surface area contributed by atoms with Crippen molar-refractivity contribution in [2.75, 3.05) is 19.0 Å². The van der Waals surface area contributed by atoms with Gasteiger partial charge in [0.1, 0.15) is 0 Å². The smallest absolute Gasteiger partial charge is 0.226 e. The van der Waals surface area contributed by atoms with Gasteiger partial charge in [-0.25, -0.2) is 4.98 Å². The van der Waals surface area contributed by atoms with E-state index in [1.807, 2.05) is 13.0 Å². The van der Waals surface area contributed by atoms with Gasteiger partial charge in [0.2, 0.25) is 11.8 Å². The summed E-state index contributed by atoms with van der Waals surface area (Å²) in [4.78, 5) is 8.65. The molecule has 1 aromatic heterocycles. The number of hydrogen-bond acceptors (Lipinski definition) is 5. The predicted octanol–water partition coefficient (Wildman–Crippen LogP) is 1.76. The summed E-state index contributed by atoms with van der Waals surface area (Å²) >= 11 is 0. The second-order valence-corrected chi connectivity index (χ2v) is 4.93. The van der Waals surface area contributed by atoms with E-state index in [1.54, 1.807) is 7.11 Å². The van der Waals surface area contributed by atoms with Crippen molar-refractivity contribution in [1.29, 1.82) is 0 Å². The fourth-order valence-corrected chi connectivity index (χ4v) is 2.48. The largest absolute Gasteiger partial charge is 0.481 e. The Labute approximate surface area is 108 Å². The van der Waals surface area contributed by atoms with Gasteiger partial charge in [0.05, 0.1) is 7.11 Å². The Bertz CT molecular complexity index is 398. The zero-order valence-electron chi connectivity index (χ0n) is 11.0. The lowest BCUT2D eigenvalue weighted by atomic mass is 9.86. The lowest BCUT2D eigenvalue weighted by Crippen LogP contribution is -2.29. The minimum atomic E-state index is 0.274. The fourth-order valence-electron chi connectivity index (χ4n) is 2.48. The van der Waals surface area contributed by atoms with E-state index in [0.29, 0.717) is 23.8 Å². The van der Waals surface area contributed by atoms with Crippen molar-refractivity contribution < 1.29 is 9.84 Å². The molecule has 2 rings (SSSR count). The van der Waals surface area contributed by atoms with Gasteiger partial charge in [-0.1, -0.05) is 6.42 Å². The van der Waals surface area contributed by atoms with Gasteiger partial charge in [0.15, 0.2) is 0 Å². The van der Waals surface area contributed by atoms with E-state index in [-0.39, 0.29) is 6.61 Å². The zero-order chi connectivity index (χ0) is 13.0. The lowest BCUT2D eigenvalue weighted by molar-refractivity contribution is 0.184. The van der Waals surface area contributed by atoms with E-state index in [1.165, 1.54) is 0 Å². The monoisotopic (exact) mass is 251 g/mol. The number of aryl methyl sites for hydroxylation is 1. The highest BCUT2D eigenvalue weighted by atomic mass is 16.5. The first-order valence-electron chi connectivity index (χ1n) is 6.48. The second-order valence-electron chi connectivity index (χ2n) is 4.93. The number of methoxy groups -OCH3 is 1. The zero-order valence-corrected chi connectivity index (χ0v) is 11.0. The molecule has 1 saturated carbocycles. The molecule has 1 aliphatic carbocycles. The fraction of sp³-hybridized carbons (Fsp3) is 0.692. The summed E-state index contributed by atoms with van der Waals surface area (Å²) in [6.07, 6.45) is 4.35. The van der Waals surface area contributed by atoms with Gasteiger partial charge < -0.3 is 15.2 Å². The van der Waals surface area contributed by atoms with Crippen LogP contribution in [0, 0.1) is 12.8 Å². The van der Waals surface area contributed by atoms with E-state index in [0.717, 1.165) is 31.4 Å². The van der Waals surface area contributed by atoms with Gasteiger partial charge in [-0.3, -0.25) is 0 Å². The Morgan fingerprint density at radius 2 is 2.28 bits per heavy atom. The Kier molecular flexibility index (Phi) is 4.36. The van der Waals surface area contributed by atoms with E-state index in [4.69, 9.17) is 4.74 Å². The highest BCUT2D eigenvalue weighted by Gasteiger charge is 2.22. The summed E-state index contributed by atoms with van der Waals surface area (Å²) in [5, 5.41) is 12.6. The van der Waals surface area contributed by atoms with Crippen LogP contribution < -0.4 is 10.1 Å². The number of aliphatic hydroxyl groups is 1. The van der Waals surface area contributed by atoms with Crippen LogP contribution in [-0.2, 0) is 0 Å². The van der Waals surface area contributed by atoms with Crippen molar-refractivity contribution in [3.63, 3.8) is 0 Å². The molecule has 1 aliphatic rings. The maximum Gasteiger partial charge on any atom is 0.226 e. The minimum Gasteiger partial charge on any atom is -0.481 e. The molecule has 1 aromatic rings. The molecule has 18 heavy (non-hydrogen) atoms. The number of anilines is 1. The van der Waals surface area contributed by atoms with E-state index < -0.39 is 0 Å². The highest BCUT2D eigenvalue weighted by molar-refractivity contribution is 5.31. The van der Waals surface area contributed by atoms with Crippen LogP contribution in [0.25, 0.3) is 0 Å². The van der Waals surface area contributed by atoms with Crippen LogP contribution in [0.1, 0.15) is 31.4 Å². The molecule has 2 unspecified atom stereocenters. The Hall–Kier alpha value is -1.36. The normalized spacial score (nSPS) is 23.7. The molecule has 5 nitrogen and oxygen atoms in total. The summed E-state index contributed by atoms with van der Waals surface area (Å²) in [6.45, 7) is 2.20. The van der Waals surface area contributed by atoms with Crippen LogP contribution in [-0.4, -0.2) is 34.8 Å². The van der Waals surface area contributed by atoms with Gasteiger partial charge in [0.25, 0.3) is 0 Å². The van der Waals surface area contributed by atoms with Gasteiger partial charge in [0, 0.05) is 24.4 Å². The van der Waals surface area contributed by atoms with Crippen LogP contribution in [0.4, 0.5) is 5.95 Å². The van der Waals surface area contributed by atoms with Crippen LogP contribution >= 0.6 is 0 Å². The molecule has 0 radical (unpaired) electrons. The maximum absolute atomic E-state index is 9.22. The van der Waals surface area contributed by atoms with Crippen LogP contribution in [0.5, 0.6) is 5.88 Å². The van der Waals surface area contributed by atoms with Gasteiger partial charge in [-0.05, 0) is 32.1 Å². The average molecular weight is 251 g/mol. The number of hydrogen-bond donors (Lipinski definition) is 2. The Morgan fingerprint density at radius 3 is 3.00 bits per heavy atom. The standard InChI is InChI=1S/C13H21N3O2/c1-9-6-12(18-2)16-13(14-9)15-11-5-3-4-10(7-11)8-17/h6,10-11,17H,3-5,7-8H2,1-2H3,(H,14,15,16). The van der Waals surface area contributed by atoms with Crippen molar-refractivity contribution in [3.8, 4) is 5.88 Å². The SMILES string of the molecule is COc1cc(C)nc(NC2CCCC(CO)C2)n1. The number of aliphatic hydroxyl groups excluding tert-OH is 1. The molecule has 0 spiro atoms. The number of nitrogens with zero attached hydrogens (tertiary/aromatic N) is 2. The molecule has 5 heteroatoms. The first-order valence-corrected chi connectivity index (χ1v) is 6.48. The number of ether oxygens (including phenoxy) is 1. The minimum absolute atomic E-state index is 0.274. The number of rotatable bonds is 4. The van der Waals surface area contributed by atoms with Crippen molar-refractivity contribution >= 4 is 5.95 Å². The Morgan fingerprint density at radius 1 is 1.44 bits per heavy atom. The third-order valence-corrected chi connectivity index (χ3v) is 3.41. The molecule has 2 atom stereocenters. The molecule has 0 amide bonds. The molecule has 0 aliphatic heterocycles. The Balaban J connectivity index is 2.02. The molecule has 2 N–H and O–H groups in total. The van der Waals surface area contributed by atoms with Crippen LogP contribution in [0.2, 0.25) is 0 Å². The summed E-state index contributed by atoms with van der Waals surface area (Å²) in [7, 11) is 1.61. The first-order chi connectivity index (χ1) is 8.71. The van der Waals surface area contributed by atoms with E-state index in [2.05, 4.69) is 15.3 Å². The topological polar surface area (TPSA) is 67.3 Å². The molecule has 0 saturated heterocycles. The lowest BCUT2D eigenvalue weighted by Gasteiger charge is -2.28. The molecule has 0 aromatic carbocycles. The molecular formula is C13H21N3O2. The van der Waals surface area contributed by atoms with Crippen molar-refractivity contribution in [1.82, 2.24) is 9.97 Å². The summed E-state index contributed by atoms with van der Waals surface area (Å²) in [5.41, 5.74) is 0.888. The summed E-state index contributed by atoms with van der Waals surface area (Å²) in [6, 6.07) is 2.16.